The van der Waals surface area contributed by atoms with Crippen molar-refractivity contribution in [1.82, 2.24) is 20.1 Å². The number of urea groups is 1. The molecule has 0 aliphatic carbocycles. The van der Waals surface area contributed by atoms with Crippen LogP contribution in [0.5, 0.6) is 23.0 Å². The maximum Gasteiger partial charge on any atom is 0.323 e. The van der Waals surface area contributed by atoms with Crippen molar-refractivity contribution in [1.29, 1.82) is 0 Å². The number of amides is 3. The molecule has 1 atom stereocenters. The maximum atomic E-state index is 12.6. The monoisotopic (exact) mass is 721 g/mol. The molecule has 12 heteroatoms. The second-order valence-electron chi connectivity index (χ2n) is 13.6. The molecule has 3 heterocycles. The maximum absolute atomic E-state index is 12.6. The Labute approximate surface area is 312 Å². The molecule has 0 spiro atoms. The van der Waals surface area contributed by atoms with Gasteiger partial charge in [0, 0.05) is 56.0 Å². The van der Waals surface area contributed by atoms with E-state index < -0.39 is 0 Å². The first-order valence-electron chi connectivity index (χ1n) is 18.6. The summed E-state index contributed by atoms with van der Waals surface area (Å²) in [5.41, 5.74) is 9.86. The van der Waals surface area contributed by atoms with E-state index in [9.17, 15) is 9.59 Å². The van der Waals surface area contributed by atoms with Gasteiger partial charge in [0.2, 0.25) is 0 Å². The van der Waals surface area contributed by atoms with E-state index in [0.29, 0.717) is 35.4 Å². The molecule has 1 aromatic heterocycles. The Hall–Kier alpha value is -5.33. The number of likely N-dealkylation sites (tertiary alicyclic amines) is 2. The first-order chi connectivity index (χ1) is 25.9. The van der Waals surface area contributed by atoms with Crippen LogP contribution in [0.25, 0.3) is 0 Å². The van der Waals surface area contributed by atoms with E-state index in [1.807, 2.05) is 36.4 Å². The van der Waals surface area contributed by atoms with Crippen LogP contribution in [0.3, 0.4) is 0 Å². The van der Waals surface area contributed by atoms with Crippen LogP contribution in [0.2, 0.25) is 0 Å². The molecular weight excluding hydrogens is 670 g/mol. The van der Waals surface area contributed by atoms with Gasteiger partial charge < -0.3 is 35.9 Å². The lowest BCUT2D eigenvalue weighted by atomic mass is 9.98. The van der Waals surface area contributed by atoms with Gasteiger partial charge in [-0.1, -0.05) is 0 Å². The quantitative estimate of drug-likeness (QED) is 0.0881. The number of hydrogen-bond donors (Lipinski definition) is 4. The summed E-state index contributed by atoms with van der Waals surface area (Å²) in [6, 6.07) is 23.3. The lowest BCUT2D eigenvalue weighted by Gasteiger charge is -2.17. The number of nitrogen functional groups attached to an aromatic ring is 1. The molecule has 4 aromatic rings. The minimum atomic E-state index is -0.366. The highest BCUT2D eigenvalue weighted by Gasteiger charge is 2.22. The number of benzene rings is 3. The van der Waals surface area contributed by atoms with E-state index in [1.54, 1.807) is 43.4 Å². The van der Waals surface area contributed by atoms with Crippen LogP contribution in [0.1, 0.15) is 48.2 Å². The summed E-state index contributed by atoms with van der Waals surface area (Å²) in [6.45, 7) is 7.77. The smallest absolute Gasteiger partial charge is 0.323 e. The molecular formula is C41H51N7O5. The van der Waals surface area contributed by atoms with E-state index in [1.165, 1.54) is 50.5 Å². The van der Waals surface area contributed by atoms with E-state index >= 15 is 0 Å². The van der Waals surface area contributed by atoms with E-state index in [2.05, 4.69) is 36.8 Å². The number of nitrogens with one attached hydrogen (secondary N) is 3. The molecule has 2 aliphatic rings. The zero-order valence-electron chi connectivity index (χ0n) is 30.5. The van der Waals surface area contributed by atoms with Crippen LogP contribution in [0.4, 0.5) is 21.9 Å². The third-order valence-electron chi connectivity index (χ3n) is 9.75. The SMILES string of the molecule is CNC(=O)c1cc(Oc2ccc(NC(=O)Nc3ccc(OCCN4CCC(CCCc5cc(OCCN6CCCC6)ccc5N)C4)cc3)cc2)ccn1. The summed E-state index contributed by atoms with van der Waals surface area (Å²) in [6.07, 6.45) is 8.60. The van der Waals surface area contributed by atoms with Gasteiger partial charge in [-0.3, -0.25) is 19.6 Å². The van der Waals surface area contributed by atoms with Gasteiger partial charge in [0.25, 0.3) is 5.91 Å². The van der Waals surface area contributed by atoms with Gasteiger partial charge in [0.05, 0.1) is 0 Å². The molecule has 3 aromatic carbocycles. The summed E-state index contributed by atoms with van der Waals surface area (Å²) in [5, 5.41) is 8.20. The Kier molecular flexibility index (Phi) is 13.4. The number of hydrogen-bond acceptors (Lipinski definition) is 9. The molecule has 12 nitrogen and oxygen atoms in total. The molecule has 0 bridgehead atoms. The number of anilines is 3. The Morgan fingerprint density at radius 2 is 1.45 bits per heavy atom. The Morgan fingerprint density at radius 1 is 0.792 bits per heavy atom. The fraction of sp³-hybridized carbons (Fsp3) is 0.390. The van der Waals surface area contributed by atoms with E-state index in [-0.39, 0.29) is 17.6 Å². The number of nitrogens with zero attached hydrogens (tertiary/aromatic N) is 3. The first kappa shape index (κ1) is 37.4. The van der Waals surface area contributed by atoms with Crippen molar-refractivity contribution in [2.45, 2.75) is 38.5 Å². The Morgan fingerprint density at radius 3 is 2.17 bits per heavy atom. The molecule has 280 valence electrons. The predicted octanol–water partition coefficient (Wildman–Crippen LogP) is 6.66. The predicted molar refractivity (Wildman–Crippen MR) is 208 cm³/mol. The highest BCUT2D eigenvalue weighted by atomic mass is 16.5. The Bertz CT molecular complexity index is 1780. The van der Waals surface area contributed by atoms with Gasteiger partial charge in [0.1, 0.15) is 41.9 Å². The molecule has 2 fully saturated rings. The lowest BCUT2D eigenvalue weighted by molar-refractivity contribution is 0.0957. The first-order valence-corrected chi connectivity index (χ1v) is 18.6. The third kappa shape index (κ3) is 11.6. The van der Waals surface area contributed by atoms with Crippen molar-refractivity contribution in [3.63, 3.8) is 0 Å². The number of nitrogens with two attached hydrogens (primary N) is 1. The molecule has 2 saturated heterocycles. The van der Waals surface area contributed by atoms with Crippen LogP contribution in [0.15, 0.2) is 85.1 Å². The molecule has 3 amide bonds. The normalized spacial score (nSPS) is 15.9. The average molecular weight is 722 g/mol. The average Bonchev–Trinajstić information content (AvgIpc) is 3.87. The summed E-state index contributed by atoms with van der Waals surface area (Å²) in [7, 11) is 1.54. The van der Waals surface area contributed by atoms with Crippen LogP contribution in [-0.4, -0.2) is 86.3 Å². The van der Waals surface area contributed by atoms with Crippen LogP contribution >= 0.6 is 0 Å². The van der Waals surface area contributed by atoms with Crippen molar-refractivity contribution < 1.29 is 23.8 Å². The Balaban J connectivity index is 0.847. The highest BCUT2D eigenvalue weighted by molar-refractivity contribution is 5.99. The van der Waals surface area contributed by atoms with Crippen LogP contribution in [0, 0.1) is 5.92 Å². The number of carbonyl (C=O) groups excluding carboxylic acids is 2. The molecule has 53 heavy (non-hydrogen) atoms. The van der Waals surface area contributed by atoms with Crippen molar-refractivity contribution in [3.05, 3.63) is 96.3 Å². The molecule has 5 N–H and O–H groups in total. The van der Waals surface area contributed by atoms with Crippen molar-refractivity contribution >= 4 is 29.0 Å². The number of ether oxygens (including phenoxy) is 3. The van der Waals surface area contributed by atoms with Crippen LogP contribution < -0.4 is 35.9 Å². The number of rotatable bonds is 17. The summed E-state index contributed by atoms with van der Waals surface area (Å²) >= 11 is 0. The number of aromatic nitrogens is 1. The number of aryl methyl sites for hydroxylation is 1. The summed E-state index contributed by atoms with van der Waals surface area (Å²) in [5.74, 6) is 3.11. The second-order valence-corrected chi connectivity index (χ2v) is 13.6. The van der Waals surface area contributed by atoms with Crippen molar-refractivity contribution in [3.8, 4) is 23.0 Å². The molecule has 6 rings (SSSR count). The van der Waals surface area contributed by atoms with E-state index in [0.717, 1.165) is 62.8 Å². The number of carbonyl (C=O) groups is 2. The van der Waals surface area contributed by atoms with E-state index in [4.69, 9.17) is 19.9 Å². The lowest BCUT2D eigenvalue weighted by Crippen LogP contribution is -2.26. The fourth-order valence-corrected chi connectivity index (χ4v) is 6.81. The van der Waals surface area contributed by atoms with Gasteiger partial charge in [-0.2, -0.15) is 0 Å². The van der Waals surface area contributed by atoms with Crippen molar-refractivity contribution in [2.24, 2.45) is 5.92 Å². The fourth-order valence-electron chi connectivity index (χ4n) is 6.81. The van der Waals surface area contributed by atoms with Gasteiger partial charge in [-0.05, 0) is 142 Å². The standard InChI is InChI=1S/C41H51N7O5/c1-43-40(49)39-28-37(17-19-44-39)53-35-13-9-33(10-14-35)46-41(50)45-32-7-11-34(12-8-32)51-26-24-48-22-18-30(29-48)5-4-6-31-27-36(15-16-38(31)42)52-25-23-47-20-2-3-21-47/h7-17,19,27-28,30H,2-6,18,20-26,29,42H2,1H3,(H,43,49)(H2,45,46,50). The van der Waals surface area contributed by atoms with Gasteiger partial charge in [-0.25, -0.2) is 4.79 Å². The topological polar surface area (TPSA) is 143 Å². The zero-order chi connectivity index (χ0) is 36.8. The molecule has 1 unspecified atom stereocenters. The largest absolute Gasteiger partial charge is 0.492 e. The molecule has 0 saturated carbocycles. The second kappa shape index (κ2) is 19.0. The van der Waals surface area contributed by atoms with Gasteiger partial charge in [0.15, 0.2) is 0 Å². The summed E-state index contributed by atoms with van der Waals surface area (Å²) < 4.78 is 17.9. The third-order valence-corrected chi connectivity index (χ3v) is 9.75. The molecule has 2 aliphatic heterocycles. The minimum Gasteiger partial charge on any atom is -0.492 e. The zero-order valence-corrected chi connectivity index (χ0v) is 30.5. The highest BCUT2D eigenvalue weighted by Crippen LogP contribution is 2.27. The van der Waals surface area contributed by atoms with Crippen molar-refractivity contribution in [2.75, 3.05) is 75.9 Å². The van der Waals surface area contributed by atoms with Crippen LogP contribution in [-0.2, 0) is 6.42 Å². The molecule has 0 radical (unpaired) electrons. The number of pyridine rings is 1. The van der Waals surface area contributed by atoms with Gasteiger partial charge in [-0.15, -0.1) is 0 Å². The minimum absolute atomic E-state index is 0.260. The van der Waals surface area contributed by atoms with Gasteiger partial charge >= 0.3 is 6.03 Å². The summed E-state index contributed by atoms with van der Waals surface area (Å²) in [4.78, 5) is 33.4.